The summed E-state index contributed by atoms with van der Waals surface area (Å²) in [7, 11) is 0. The Morgan fingerprint density at radius 1 is 1.18 bits per heavy atom. The number of anilines is 1. The Balaban J connectivity index is 1.92. The average Bonchev–Trinajstić information content (AvgIpc) is 2.51. The fourth-order valence-corrected chi connectivity index (χ4v) is 1.89. The Hall–Kier alpha value is -2.82. The molecule has 0 radical (unpaired) electrons. The van der Waals surface area contributed by atoms with Crippen molar-refractivity contribution in [2.75, 3.05) is 5.32 Å². The molecule has 1 amide bonds. The molecule has 3 N–H and O–H groups in total. The molecule has 0 saturated heterocycles. The molecule has 0 heterocycles. The zero-order valence-corrected chi connectivity index (χ0v) is 12.6. The Morgan fingerprint density at radius 2 is 1.86 bits per heavy atom. The minimum absolute atomic E-state index is 0.117. The number of aromatic hydroxyl groups is 1. The van der Waals surface area contributed by atoms with Crippen molar-refractivity contribution in [3.63, 3.8) is 0 Å². The highest BCUT2D eigenvalue weighted by atomic mass is 16.3. The molecule has 2 aromatic carbocycles. The van der Waals surface area contributed by atoms with Gasteiger partial charge >= 0.3 is 0 Å². The lowest BCUT2D eigenvalue weighted by molar-refractivity contribution is -0.121. The molecule has 1 atom stereocenters. The van der Waals surface area contributed by atoms with Crippen LogP contribution in [-0.4, -0.2) is 23.3 Å². The third kappa shape index (κ3) is 4.09. The molecule has 0 bridgehead atoms. The Bertz CT molecular complexity index is 683. The second kappa shape index (κ2) is 7.26. The number of hydrogen-bond donors (Lipinski definition) is 3. The number of carbonyl (C=O) groups excluding carboxylic acids is 1. The number of phenols is 1. The van der Waals surface area contributed by atoms with Crippen LogP contribution in [0.2, 0.25) is 0 Å². The lowest BCUT2D eigenvalue weighted by atomic mass is 10.2. The van der Waals surface area contributed by atoms with E-state index >= 15 is 0 Å². The number of hydrogen-bond acceptors (Lipinski definition) is 4. The molecule has 0 fully saturated rings. The zero-order valence-electron chi connectivity index (χ0n) is 12.6. The smallest absolute Gasteiger partial charge is 0.262 e. The second-order valence-corrected chi connectivity index (χ2v) is 4.97. The van der Waals surface area contributed by atoms with Crippen molar-refractivity contribution in [1.29, 1.82) is 0 Å². The van der Waals surface area contributed by atoms with E-state index in [2.05, 4.69) is 15.8 Å². The SMILES string of the molecule is Cc1ccccc1N[C@H](C)C(=O)N/N=C\c1ccccc1O. The Kier molecular flexibility index (Phi) is 5.14. The van der Waals surface area contributed by atoms with Crippen LogP contribution in [0.3, 0.4) is 0 Å². The highest BCUT2D eigenvalue weighted by Crippen LogP contribution is 2.14. The van der Waals surface area contributed by atoms with Crippen molar-refractivity contribution in [1.82, 2.24) is 5.43 Å². The predicted molar refractivity (Wildman–Crippen MR) is 88.1 cm³/mol. The molecule has 2 rings (SSSR count). The van der Waals surface area contributed by atoms with Gasteiger partial charge in [-0.2, -0.15) is 5.10 Å². The molecule has 0 unspecified atom stereocenters. The fourth-order valence-electron chi connectivity index (χ4n) is 1.89. The topological polar surface area (TPSA) is 73.7 Å². The van der Waals surface area contributed by atoms with Gasteiger partial charge in [-0.25, -0.2) is 5.43 Å². The maximum Gasteiger partial charge on any atom is 0.262 e. The predicted octanol–water partition coefficient (Wildman–Crippen LogP) is 2.65. The number of hydrazone groups is 1. The molecule has 0 aliphatic rings. The van der Waals surface area contributed by atoms with E-state index in [-0.39, 0.29) is 11.7 Å². The molecule has 22 heavy (non-hydrogen) atoms. The number of phenolic OH excluding ortho intramolecular Hbond substituents is 1. The van der Waals surface area contributed by atoms with Gasteiger partial charge in [0.15, 0.2) is 0 Å². The molecule has 5 nitrogen and oxygen atoms in total. The minimum atomic E-state index is -0.428. The molecule has 114 valence electrons. The number of benzene rings is 2. The average molecular weight is 297 g/mol. The van der Waals surface area contributed by atoms with Gasteiger partial charge in [-0.1, -0.05) is 30.3 Å². The molecular formula is C17H19N3O2. The zero-order chi connectivity index (χ0) is 15.9. The summed E-state index contributed by atoms with van der Waals surface area (Å²) >= 11 is 0. The maximum absolute atomic E-state index is 12.0. The third-order valence-corrected chi connectivity index (χ3v) is 3.23. The first-order valence-electron chi connectivity index (χ1n) is 7.01. The number of carbonyl (C=O) groups is 1. The van der Waals surface area contributed by atoms with Gasteiger partial charge < -0.3 is 10.4 Å². The Labute approximate surface area is 129 Å². The van der Waals surface area contributed by atoms with Gasteiger partial charge in [0.05, 0.1) is 6.21 Å². The van der Waals surface area contributed by atoms with Crippen LogP contribution in [0, 0.1) is 6.92 Å². The van der Waals surface area contributed by atoms with E-state index in [0.717, 1.165) is 11.3 Å². The van der Waals surface area contributed by atoms with Crippen LogP contribution in [0.5, 0.6) is 5.75 Å². The summed E-state index contributed by atoms with van der Waals surface area (Å²) in [6, 6.07) is 14.1. The summed E-state index contributed by atoms with van der Waals surface area (Å²) in [5.74, 6) is -0.137. The van der Waals surface area contributed by atoms with Gasteiger partial charge in [0.2, 0.25) is 0 Å². The molecule has 0 aliphatic heterocycles. The number of aryl methyl sites for hydroxylation is 1. The normalized spacial score (nSPS) is 12.1. The highest BCUT2D eigenvalue weighted by Gasteiger charge is 2.12. The van der Waals surface area contributed by atoms with Crippen LogP contribution in [0.15, 0.2) is 53.6 Å². The van der Waals surface area contributed by atoms with Crippen molar-refractivity contribution in [3.05, 3.63) is 59.7 Å². The quantitative estimate of drug-likeness (QED) is 0.587. The van der Waals surface area contributed by atoms with Gasteiger partial charge in [0.25, 0.3) is 5.91 Å². The second-order valence-electron chi connectivity index (χ2n) is 4.97. The van der Waals surface area contributed by atoms with Crippen molar-refractivity contribution < 1.29 is 9.90 Å². The maximum atomic E-state index is 12.0. The van der Waals surface area contributed by atoms with Crippen LogP contribution in [0.25, 0.3) is 0 Å². The van der Waals surface area contributed by atoms with Crippen LogP contribution >= 0.6 is 0 Å². The standard InChI is InChI=1S/C17H19N3O2/c1-12-7-3-5-9-15(12)19-13(2)17(22)20-18-11-14-8-4-6-10-16(14)21/h3-11,13,19,21H,1-2H3,(H,20,22)/b18-11-/t13-/m1/s1. The van der Waals surface area contributed by atoms with Crippen molar-refractivity contribution in [2.45, 2.75) is 19.9 Å². The molecular weight excluding hydrogens is 278 g/mol. The highest BCUT2D eigenvalue weighted by molar-refractivity contribution is 5.87. The molecule has 0 spiro atoms. The lowest BCUT2D eigenvalue weighted by Crippen LogP contribution is -2.35. The van der Waals surface area contributed by atoms with E-state index in [1.807, 2.05) is 31.2 Å². The van der Waals surface area contributed by atoms with Crippen LogP contribution in [0.1, 0.15) is 18.1 Å². The van der Waals surface area contributed by atoms with Gasteiger partial charge in [0, 0.05) is 11.3 Å². The van der Waals surface area contributed by atoms with E-state index in [1.165, 1.54) is 6.21 Å². The summed E-state index contributed by atoms with van der Waals surface area (Å²) < 4.78 is 0. The molecule has 0 aliphatic carbocycles. The molecule has 0 aromatic heterocycles. The summed E-state index contributed by atoms with van der Waals surface area (Å²) in [5.41, 5.74) is 4.98. The summed E-state index contributed by atoms with van der Waals surface area (Å²) in [5, 5.41) is 16.6. The summed E-state index contributed by atoms with van der Waals surface area (Å²) in [4.78, 5) is 12.0. The van der Waals surface area contributed by atoms with Crippen molar-refractivity contribution in [2.24, 2.45) is 5.10 Å². The number of para-hydroxylation sites is 2. The first-order valence-corrected chi connectivity index (χ1v) is 7.01. The number of nitrogens with one attached hydrogen (secondary N) is 2. The van der Waals surface area contributed by atoms with Gasteiger partial charge in [-0.3, -0.25) is 4.79 Å². The van der Waals surface area contributed by atoms with Gasteiger partial charge in [0.1, 0.15) is 11.8 Å². The molecule has 2 aromatic rings. The van der Waals surface area contributed by atoms with Crippen molar-refractivity contribution in [3.8, 4) is 5.75 Å². The summed E-state index contributed by atoms with van der Waals surface area (Å²) in [6.45, 7) is 3.74. The monoisotopic (exact) mass is 297 g/mol. The third-order valence-electron chi connectivity index (χ3n) is 3.23. The number of nitrogens with zero attached hydrogens (tertiary/aromatic N) is 1. The Morgan fingerprint density at radius 3 is 2.59 bits per heavy atom. The van der Waals surface area contributed by atoms with Gasteiger partial charge in [-0.15, -0.1) is 0 Å². The van der Waals surface area contributed by atoms with Crippen LogP contribution in [0.4, 0.5) is 5.69 Å². The first-order chi connectivity index (χ1) is 10.6. The van der Waals surface area contributed by atoms with Crippen LogP contribution < -0.4 is 10.7 Å². The van der Waals surface area contributed by atoms with Gasteiger partial charge in [-0.05, 0) is 37.6 Å². The van der Waals surface area contributed by atoms with E-state index in [0.29, 0.717) is 5.56 Å². The number of amides is 1. The fraction of sp³-hybridized carbons (Fsp3) is 0.176. The van der Waals surface area contributed by atoms with E-state index < -0.39 is 6.04 Å². The summed E-state index contributed by atoms with van der Waals surface area (Å²) in [6.07, 6.45) is 1.41. The van der Waals surface area contributed by atoms with Crippen LogP contribution in [-0.2, 0) is 4.79 Å². The largest absolute Gasteiger partial charge is 0.507 e. The van der Waals surface area contributed by atoms with E-state index in [9.17, 15) is 9.90 Å². The molecule has 0 saturated carbocycles. The minimum Gasteiger partial charge on any atom is -0.507 e. The number of rotatable bonds is 5. The first kappa shape index (κ1) is 15.6. The van der Waals surface area contributed by atoms with E-state index in [4.69, 9.17) is 0 Å². The van der Waals surface area contributed by atoms with E-state index in [1.54, 1.807) is 31.2 Å². The lowest BCUT2D eigenvalue weighted by Gasteiger charge is -2.15. The van der Waals surface area contributed by atoms with Crippen molar-refractivity contribution >= 4 is 17.8 Å². The molecule has 5 heteroatoms.